The fraction of sp³-hybridized carbons (Fsp3) is 0.160. The first-order valence-electron chi connectivity index (χ1n) is 10.9. The van der Waals surface area contributed by atoms with Gasteiger partial charge in [0.05, 0.1) is 19.5 Å². The molecule has 3 aromatic heterocycles. The lowest BCUT2D eigenvalue weighted by molar-refractivity contribution is 0.340. The summed E-state index contributed by atoms with van der Waals surface area (Å²) in [5, 5.41) is 13.7. The largest absolute Gasteiger partial charge is 0.497 e. The van der Waals surface area contributed by atoms with Crippen LogP contribution in [-0.4, -0.2) is 43.6 Å². The summed E-state index contributed by atoms with van der Waals surface area (Å²) < 4.78 is 18.4. The third-order valence-electron chi connectivity index (χ3n) is 5.10. The van der Waals surface area contributed by atoms with Crippen molar-refractivity contribution in [2.24, 2.45) is 0 Å². The van der Waals surface area contributed by atoms with E-state index in [0.29, 0.717) is 35.1 Å². The molecule has 0 radical (unpaired) electrons. The van der Waals surface area contributed by atoms with Gasteiger partial charge < -0.3 is 14.0 Å². The Morgan fingerprint density at radius 1 is 0.943 bits per heavy atom. The van der Waals surface area contributed by atoms with Crippen molar-refractivity contribution in [3.63, 3.8) is 0 Å². The molecular formula is C25H22N6O3S. The molecule has 2 aromatic carbocycles. The molecule has 10 heteroatoms. The summed E-state index contributed by atoms with van der Waals surface area (Å²) in [6.45, 7) is 2.57. The van der Waals surface area contributed by atoms with Crippen molar-refractivity contribution in [1.82, 2.24) is 29.9 Å². The SMILES string of the molecule is CCOc1ccc(-n2c(SCc3nc(-c4cccc(OC)c4)no3)nnc2-c2ccncc2)cc1. The number of pyridine rings is 1. The van der Waals surface area contributed by atoms with Crippen LogP contribution in [0.25, 0.3) is 28.5 Å². The van der Waals surface area contributed by atoms with E-state index in [0.717, 1.165) is 28.3 Å². The number of thioether (sulfide) groups is 1. The Morgan fingerprint density at radius 3 is 2.54 bits per heavy atom. The monoisotopic (exact) mass is 486 g/mol. The van der Waals surface area contributed by atoms with E-state index in [9.17, 15) is 0 Å². The summed E-state index contributed by atoms with van der Waals surface area (Å²) in [6, 6.07) is 19.2. The van der Waals surface area contributed by atoms with Gasteiger partial charge in [0, 0.05) is 29.2 Å². The number of nitrogens with zero attached hydrogens (tertiary/aromatic N) is 6. The standard InChI is InChI=1S/C25H22N6O3S/c1-3-33-20-9-7-19(8-10-20)31-24(17-11-13-26-14-12-17)28-29-25(31)35-16-22-27-23(30-34-22)18-5-4-6-21(15-18)32-2/h4-15H,3,16H2,1-2H3. The summed E-state index contributed by atoms with van der Waals surface area (Å²) in [4.78, 5) is 8.65. The summed E-state index contributed by atoms with van der Waals surface area (Å²) in [5.41, 5.74) is 2.64. The second kappa shape index (κ2) is 10.4. The van der Waals surface area contributed by atoms with Crippen LogP contribution in [0.2, 0.25) is 0 Å². The Balaban J connectivity index is 1.42. The molecule has 35 heavy (non-hydrogen) atoms. The quantitative estimate of drug-likeness (QED) is 0.264. The topological polar surface area (TPSA) is 101 Å². The van der Waals surface area contributed by atoms with Gasteiger partial charge in [0.15, 0.2) is 11.0 Å². The van der Waals surface area contributed by atoms with Crippen molar-refractivity contribution < 1.29 is 14.0 Å². The van der Waals surface area contributed by atoms with Gasteiger partial charge in [-0.2, -0.15) is 4.98 Å². The number of hydrogen-bond acceptors (Lipinski definition) is 9. The molecule has 5 aromatic rings. The van der Waals surface area contributed by atoms with Gasteiger partial charge in [-0.3, -0.25) is 9.55 Å². The lowest BCUT2D eigenvalue weighted by Gasteiger charge is -2.11. The van der Waals surface area contributed by atoms with Gasteiger partial charge in [0.2, 0.25) is 11.7 Å². The summed E-state index contributed by atoms with van der Waals surface area (Å²) in [5.74, 6) is 3.67. The van der Waals surface area contributed by atoms with Crippen molar-refractivity contribution in [1.29, 1.82) is 0 Å². The van der Waals surface area contributed by atoms with E-state index in [1.807, 2.05) is 72.2 Å². The Morgan fingerprint density at radius 2 is 1.77 bits per heavy atom. The molecule has 3 heterocycles. The highest BCUT2D eigenvalue weighted by Gasteiger charge is 2.18. The fourth-order valence-corrected chi connectivity index (χ4v) is 4.25. The average molecular weight is 487 g/mol. The minimum absolute atomic E-state index is 0.433. The second-order valence-electron chi connectivity index (χ2n) is 7.34. The minimum atomic E-state index is 0.433. The predicted octanol–water partition coefficient (Wildman–Crippen LogP) is 5.08. The summed E-state index contributed by atoms with van der Waals surface area (Å²) >= 11 is 1.46. The van der Waals surface area contributed by atoms with Gasteiger partial charge in [-0.25, -0.2) is 0 Å². The van der Waals surface area contributed by atoms with Crippen molar-refractivity contribution in [2.75, 3.05) is 13.7 Å². The first kappa shape index (κ1) is 22.6. The number of hydrogen-bond donors (Lipinski definition) is 0. The first-order chi connectivity index (χ1) is 17.2. The maximum absolute atomic E-state index is 5.59. The van der Waals surface area contributed by atoms with E-state index < -0.39 is 0 Å². The lowest BCUT2D eigenvalue weighted by Crippen LogP contribution is -2.00. The molecule has 0 aliphatic rings. The molecule has 0 unspecified atom stereocenters. The van der Waals surface area contributed by atoms with Gasteiger partial charge in [-0.05, 0) is 55.5 Å². The lowest BCUT2D eigenvalue weighted by atomic mass is 10.2. The van der Waals surface area contributed by atoms with Gasteiger partial charge >= 0.3 is 0 Å². The Hall–Kier alpha value is -4.18. The molecular weight excluding hydrogens is 464 g/mol. The summed E-state index contributed by atoms with van der Waals surface area (Å²) in [7, 11) is 1.62. The van der Waals surface area contributed by atoms with Gasteiger partial charge in [-0.15, -0.1) is 10.2 Å². The first-order valence-corrected chi connectivity index (χ1v) is 11.9. The maximum Gasteiger partial charge on any atom is 0.237 e. The third-order valence-corrected chi connectivity index (χ3v) is 6.01. The number of aromatic nitrogens is 6. The van der Waals surface area contributed by atoms with Crippen LogP contribution in [0, 0.1) is 0 Å². The van der Waals surface area contributed by atoms with E-state index in [-0.39, 0.29) is 0 Å². The van der Waals surface area contributed by atoms with Crippen molar-refractivity contribution >= 4 is 11.8 Å². The van der Waals surface area contributed by atoms with Crippen LogP contribution >= 0.6 is 11.8 Å². The van der Waals surface area contributed by atoms with Crippen LogP contribution in [-0.2, 0) is 5.75 Å². The Labute approximate surface area is 206 Å². The van der Waals surface area contributed by atoms with Gasteiger partial charge in [0.25, 0.3) is 0 Å². The van der Waals surface area contributed by atoms with E-state index in [2.05, 4.69) is 25.3 Å². The molecule has 176 valence electrons. The molecule has 0 aliphatic heterocycles. The molecule has 0 fully saturated rings. The van der Waals surface area contributed by atoms with Crippen LogP contribution in [0.4, 0.5) is 0 Å². The molecule has 0 aliphatic carbocycles. The molecule has 0 atom stereocenters. The maximum atomic E-state index is 5.59. The molecule has 9 nitrogen and oxygen atoms in total. The number of methoxy groups -OCH3 is 1. The zero-order valence-corrected chi connectivity index (χ0v) is 20.0. The van der Waals surface area contributed by atoms with Crippen LogP contribution < -0.4 is 9.47 Å². The number of benzene rings is 2. The molecule has 0 N–H and O–H groups in total. The highest BCUT2D eigenvalue weighted by atomic mass is 32.2. The van der Waals surface area contributed by atoms with Crippen LogP contribution in [0.3, 0.4) is 0 Å². The zero-order valence-electron chi connectivity index (χ0n) is 19.2. The smallest absolute Gasteiger partial charge is 0.237 e. The van der Waals surface area contributed by atoms with E-state index in [1.165, 1.54) is 11.8 Å². The molecule has 0 saturated carbocycles. The highest BCUT2D eigenvalue weighted by molar-refractivity contribution is 7.98. The molecule has 5 rings (SSSR count). The van der Waals surface area contributed by atoms with Gasteiger partial charge in [-0.1, -0.05) is 29.1 Å². The van der Waals surface area contributed by atoms with Crippen LogP contribution in [0.5, 0.6) is 11.5 Å². The van der Waals surface area contributed by atoms with Crippen LogP contribution in [0.1, 0.15) is 12.8 Å². The van der Waals surface area contributed by atoms with Crippen molar-refractivity contribution in [2.45, 2.75) is 17.8 Å². The Kier molecular flexibility index (Phi) is 6.71. The van der Waals surface area contributed by atoms with E-state index in [1.54, 1.807) is 19.5 Å². The zero-order chi connectivity index (χ0) is 24.0. The summed E-state index contributed by atoms with van der Waals surface area (Å²) in [6.07, 6.45) is 3.47. The van der Waals surface area contributed by atoms with E-state index in [4.69, 9.17) is 14.0 Å². The second-order valence-corrected chi connectivity index (χ2v) is 8.28. The van der Waals surface area contributed by atoms with Crippen molar-refractivity contribution in [3.8, 4) is 40.0 Å². The number of rotatable bonds is 9. The van der Waals surface area contributed by atoms with E-state index >= 15 is 0 Å². The molecule has 0 saturated heterocycles. The average Bonchev–Trinajstić information content (AvgIpc) is 3.56. The normalized spacial score (nSPS) is 10.9. The molecule has 0 amide bonds. The van der Waals surface area contributed by atoms with Crippen LogP contribution in [0.15, 0.2) is 82.7 Å². The predicted molar refractivity (Wildman–Crippen MR) is 132 cm³/mol. The number of ether oxygens (including phenoxy) is 2. The molecule has 0 spiro atoms. The Bertz CT molecular complexity index is 1400. The van der Waals surface area contributed by atoms with Gasteiger partial charge in [0.1, 0.15) is 11.5 Å². The van der Waals surface area contributed by atoms with Crippen molar-refractivity contribution in [3.05, 3.63) is 78.9 Å². The fourth-order valence-electron chi connectivity index (χ4n) is 3.46. The minimum Gasteiger partial charge on any atom is -0.497 e. The third kappa shape index (κ3) is 5.02. The molecule has 0 bridgehead atoms. The highest BCUT2D eigenvalue weighted by Crippen LogP contribution is 2.30.